The monoisotopic (exact) mass is 491 g/mol. The molecule has 33 heavy (non-hydrogen) atoms. The van der Waals surface area contributed by atoms with Crippen molar-refractivity contribution in [1.29, 1.82) is 0 Å². The summed E-state index contributed by atoms with van der Waals surface area (Å²) in [5.74, 6) is 0.961. The molecule has 0 spiro atoms. The third-order valence-electron chi connectivity index (χ3n) is 5.47. The number of amides is 1. The summed E-state index contributed by atoms with van der Waals surface area (Å²) in [5.41, 5.74) is 2.44. The van der Waals surface area contributed by atoms with Gasteiger partial charge in [0.15, 0.2) is 5.13 Å². The first-order valence-electron chi connectivity index (χ1n) is 10.3. The van der Waals surface area contributed by atoms with Gasteiger partial charge in [-0.25, -0.2) is 13.4 Å². The smallest absolute Gasteiger partial charge is 0.275 e. The van der Waals surface area contributed by atoms with Crippen LogP contribution < -0.4 is 14.8 Å². The number of aryl methyl sites for hydroxylation is 1. The van der Waals surface area contributed by atoms with E-state index in [-0.39, 0.29) is 18.2 Å². The third kappa shape index (κ3) is 4.59. The highest BCUT2D eigenvalue weighted by Crippen LogP contribution is 2.33. The first kappa shape index (κ1) is 23.2. The molecule has 0 fully saturated rings. The molecule has 0 saturated carbocycles. The summed E-state index contributed by atoms with van der Waals surface area (Å²) >= 11 is 1.29. The minimum atomic E-state index is -3.27. The molecule has 1 N–H and O–H groups in total. The van der Waals surface area contributed by atoms with Crippen molar-refractivity contribution in [3.05, 3.63) is 40.5 Å². The zero-order chi connectivity index (χ0) is 23.8. The maximum absolute atomic E-state index is 13.0. The predicted octanol–water partition coefficient (Wildman–Crippen LogP) is 2.52. The topological polar surface area (TPSA) is 116 Å². The fourth-order valence-electron chi connectivity index (χ4n) is 3.63. The van der Waals surface area contributed by atoms with Crippen LogP contribution >= 0.6 is 11.3 Å². The van der Waals surface area contributed by atoms with Crippen LogP contribution in [0, 0.1) is 0 Å². The Hall–Kier alpha value is -2.96. The number of rotatable bonds is 7. The lowest BCUT2D eigenvalue weighted by Gasteiger charge is -2.24. The number of sulfonamides is 1. The van der Waals surface area contributed by atoms with Gasteiger partial charge in [0.05, 0.1) is 31.4 Å². The zero-order valence-corrected chi connectivity index (χ0v) is 20.4. The second kappa shape index (κ2) is 9.12. The molecule has 3 aromatic rings. The van der Waals surface area contributed by atoms with Crippen molar-refractivity contribution in [1.82, 2.24) is 19.1 Å². The van der Waals surface area contributed by atoms with Gasteiger partial charge in [0, 0.05) is 37.0 Å². The fraction of sp³-hybridized carbons (Fsp3) is 0.381. The number of benzene rings is 1. The van der Waals surface area contributed by atoms with Gasteiger partial charge in [0.2, 0.25) is 10.0 Å². The van der Waals surface area contributed by atoms with Crippen LogP contribution in [0.15, 0.2) is 24.3 Å². The molecule has 0 atom stereocenters. The van der Waals surface area contributed by atoms with Gasteiger partial charge in [-0.1, -0.05) is 0 Å². The van der Waals surface area contributed by atoms with Gasteiger partial charge < -0.3 is 9.47 Å². The Morgan fingerprint density at radius 2 is 2.03 bits per heavy atom. The van der Waals surface area contributed by atoms with E-state index in [1.807, 2.05) is 0 Å². The minimum Gasteiger partial charge on any atom is -0.497 e. The molecule has 10 nitrogen and oxygen atoms in total. The summed E-state index contributed by atoms with van der Waals surface area (Å²) in [6.45, 7) is 2.31. The normalized spacial score (nSPS) is 14.1. The number of ether oxygens (including phenoxy) is 2. The average Bonchev–Trinajstić information content (AvgIpc) is 3.40. The molecular formula is C21H25N5O5S2. The van der Waals surface area contributed by atoms with Gasteiger partial charge in [0.25, 0.3) is 5.91 Å². The number of nitrogens with zero attached hydrogens (tertiary/aromatic N) is 4. The fourth-order valence-corrected chi connectivity index (χ4v) is 5.79. The Morgan fingerprint density at radius 1 is 1.24 bits per heavy atom. The van der Waals surface area contributed by atoms with Gasteiger partial charge >= 0.3 is 0 Å². The molecule has 1 amide bonds. The van der Waals surface area contributed by atoms with Crippen LogP contribution in [0.1, 0.15) is 28.0 Å². The van der Waals surface area contributed by atoms with E-state index in [9.17, 15) is 13.2 Å². The molecule has 1 aromatic carbocycles. The van der Waals surface area contributed by atoms with E-state index >= 15 is 0 Å². The quantitative estimate of drug-likeness (QED) is 0.540. The Bertz CT molecular complexity index is 1300. The number of carbonyl (C=O) groups is 1. The van der Waals surface area contributed by atoms with E-state index < -0.39 is 10.0 Å². The number of nitrogens with one attached hydrogen (secondary N) is 1. The maximum atomic E-state index is 13.0. The van der Waals surface area contributed by atoms with Crippen LogP contribution in [-0.2, 0) is 30.0 Å². The summed E-state index contributed by atoms with van der Waals surface area (Å²) in [6.07, 6.45) is 0.520. The molecule has 0 bridgehead atoms. The first-order valence-corrected chi connectivity index (χ1v) is 12.7. The molecule has 0 saturated heterocycles. The second-order valence-electron chi connectivity index (χ2n) is 7.43. The highest BCUT2D eigenvalue weighted by atomic mass is 32.2. The molecule has 12 heteroatoms. The second-order valence-corrected chi connectivity index (χ2v) is 10.8. The lowest BCUT2D eigenvalue weighted by Crippen LogP contribution is -2.36. The number of aromatic nitrogens is 3. The van der Waals surface area contributed by atoms with Crippen LogP contribution in [0.5, 0.6) is 11.5 Å². The SMILES string of the molecule is CCS(=O)(=O)N1CCc2nc(NC(=O)c3cc(-c4cc(OC)ccc4OC)nn3C)sc2C1. The number of methoxy groups -OCH3 is 2. The van der Waals surface area contributed by atoms with E-state index in [2.05, 4.69) is 15.4 Å². The van der Waals surface area contributed by atoms with E-state index in [1.165, 1.54) is 20.3 Å². The first-order chi connectivity index (χ1) is 15.7. The summed E-state index contributed by atoms with van der Waals surface area (Å²) in [7, 11) is 1.56. The van der Waals surface area contributed by atoms with Crippen LogP contribution in [0.25, 0.3) is 11.3 Å². The lowest BCUT2D eigenvalue weighted by atomic mass is 10.1. The number of hydrogen-bond acceptors (Lipinski definition) is 8. The Balaban J connectivity index is 1.55. The van der Waals surface area contributed by atoms with Crippen molar-refractivity contribution in [3.8, 4) is 22.8 Å². The molecule has 0 unspecified atom stereocenters. The number of thiazole rings is 1. The van der Waals surface area contributed by atoms with Crippen molar-refractivity contribution in [3.63, 3.8) is 0 Å². The predicted molar refractivity (Wildman–Crippen MR) is 125 cm³/mol. The molecular weight excluding hydrogens is 466 g/mol. The minimum absolute atomic E-state index is 0.0611. The third-order valence-corrected chi connectivity index (χ3v) is 8.30. The molecule has 0 radical (unpaired) electrons. The van der Waals surface area contributed by atoms with E-state index in [0.717, 1.165) is 10.6 Å². The highest BCUT2D eigenvalue weighted by Gasteiger charge is 2.28. The average molecular weight is 492 g/mol. The molecule has 4 rings (SSSR count). The van der Waals surface area contributed by atoms with Gasteiger partial charge in [0.1, 0.15) is 17.2 Å². The summed E-state index contributed by atoms with van der Waals surface area (Å²) in [4.78, 5) is 18.3. The lowest BCUT2D eigenvalue weighted by molar-refractivity contribution is 0.101. The van der Waals surface area contributed by atoms with Gasteiger partial charge in [-0.05, 0) is 31.2 Å². The summed E-state index contributed by atoms with van der Waals surface area (Å²) in [6, 6.07) is 7.05. The van der Waals surface area contributed by atoms with Crippen molar-refractivity contribution in [2.24, 2.45) is 7.05 Å². The van der Waals surface area contributed by atoms with E-state index in [4.69, 9.17) is 9.47 Å². The standard InChI is InChI=1S/C21H25N5O5S2/c1-5-33(28,29)26-9-8-15-19(12-26)32-21(22-15)23-20(27)17-11-16(24-25(17)2)14-10-13(30-3)6-7-18(14)31-4/h6-7,10-11H,5,8-9,12H2,1-4H3,(H,22,23,27). The van der Waals surface area contributed by atoms with Crippen LogP contribution in [0.3, 0.4) is 0 Å². The van der Waals surface area contributed by atoms with E-state index in [1.54, 1.807) is 52.5 Å². The van der Waals surface area contributed by atoms with Crippen molar-refractivity contribution in [2.75, 3.05) is 31.8 Å². The van der Waals surface area contributed by atoms with E-state index in [0.29, 0.717) is 46.5 Å². The zero-order valence-electron chi connectivity index (χ0n) is 18.8. The number of carbonyl (C=O) groups excluding carboxylic acids is 1. The summed E-state index contributed by atoms with van der Waals surface area (Å²) < 4.78 is 38.1. The molecule has 1 aliphatic rings. The van der Waals surface area contributed by atoms with Crippen molar-refractivity contribution < 1.29 is 22.7 Å². The van der Waals surface area contributed by atoms with Crippen LogP contribution in [0.4, 0.5) is 5.13 Å². The Labute approximate surface area is 196 Å². The molecule has 0 aliphatic carbocycles. The van der Waals surface area contributed by atoms with Gasteiger partial charge in [-0.3, -0.25) is 14.8 Å². The largest absolute Gasteiger partial charge is 0.497 e. The molecule has 1 aliphatic heterocycles. The Morgan fingerprint density at radius 3 is 2.73 bits per heavy atom. The van der Waals surface area contributed by atoms with Crippen molar-refractivity contribution >= 4 is 32.4 Å². The van der Waals surface area contributed by atoms with Crippen LogP contribution in [-0.4, -0.2) is 59.9 Å². The molecule has 176 valence electrons. The van der Waals surface area contributed by atoms with Gasteiger partial charge in [-0.15, -0.1) is 11.3 Å². The number of hydrogen-bond donors (Lipinski definition) is 1. The molecule has 3 heterocycles. The van der Waals surface area contributed by atoms with Gasteiger partial charge in [-0.2, -0.15) is 9.40 Å². The highest BCUT2D eigenvalue weighted by molar-refractivity contribution is 7.89. The number of anilines is 1. The maximum Gasteiger partial charge on any atom is 0.275 e. The van der Waals surface area contributed by atoms with Crippen LogP contribution in [0.2, 0.25) is 0 Å². The van der Waals surface area contributed by atoms with Crippen molar-refractivity contribution in [2.45, 2.75) is 19.9 Å². The Kier molecular flexibility index (Phi) is 6.41. The molecule has 2 aromatic heterocycles. The number of fused-ring (bicyclic) bond motifs is 1. The summed E-state index contributed by atoms with van der Waals surface area (Å²) in [5, 5.41) is 7.73.